The van der Waals surface area contributed by atoms with E-state index >= 15 is 0 Å². The minimum atomic E-state index is -2.78. The number of hydrogen-bond acceptors (Lipinski definition) is 5. The van der Waals surface area contributed by atoms with Crippen molar-refractivity contribution in [3.05, 3.63) is 42.0 Å². The van der Waals surface area contributed by atoms with Gasteiger partial charge in [0.05, 0.1) is 5.69 Å². The molecule has 1 aliphatic rings. The molecule has 148 valence electrons. The van der Waals surface area contributed by atoms with Gasteiger partial charge in [0, 0.05) is 18.8 Å². The van der Waals surface area contributed by atoms with Crippen LogP contribution < -0.4 is 10.2 Å². The summed E-state index contributed by atoms with van der Waals surface area (Å²) in [6.45, 7) is 1.71. The van der Waals surface area contributed by atoms with Gasteiger partial charge in [-0.1, -0.05) is 19.3 Å². The quantitative estimate of drug-likeness (QED) is 0.699. The highest BCUT2D eigenvalue weighted by atomic mass is 19.3. The summed E-state index contributed by atoms with van der Waals surface area (Å²) >= 11 is 0. The second-order valence-electron chi connectivity index (χ2n) is 6.89. The third-order valence-electron chi connectivity index (χ3n) is 4.90. The lowest BCUT2D eigenvalue weighted by Crippen LogP contribution is -2.27. The highest BCUT2D eigenvalue weighted by Crippen LogP contribution is 2.27. The molecule has 1 aromatic carbocycles. The molecule has 0 atom stereocenters. The molecule has 1 aliphatic heterocycles. The monoisotopic (exact) mass is 390 g/mol. The summed E-state index contributed by atoms with van der Waals surface area (Å²) in [5.74, 6) is -0.547. The first-order valence-electron chi connectivity index (χ1n) is 9.44. The van der Waals surface area contributed by atoms with Gasteiger partial charge in [0.15, 0.2) is 11.5 Å². The Kier molecular flexibility index (Phi) is 5.31. The number of benzene rings is 1. The smallest absolute Gasteiger partial charge is 0.299 e. The lowest BCUT2D eigenvalue weighted by molar-refractivity contribution is 0.137. The lowest BCUT2D eigenvalue weighted by atomic mass is 10.1. The van der Waals surface area contributed by atoms with Gasteiger partial charge < -0.3 is 10.2 Å². The Hall–Kier alpha value is -2.84. The number of anilines is 3. The average Bonchev–Trinajstić information content (AvgIpc) is 3.06. The van der Waals surface area contributed by atoms with Gasteiger partial charge in [0.2, 0.25) is 5.82 Å². The van der Waals surface area contributed by atoms with Crippen LogP contribution in [-0.4, -0.2) is 32.9 Å². The van der Waals surface area contributed by atoms with E-state index in [1.165, 1.54) is 31.4 Å². The van der Waals surface area contributed by atoms with Crippen molar-refractivity contribution in [2.75, 3.05) is 23.3 Å². The van der Waals surface area contributed by atoms with Crippen molar-refractivity contribution in [3.63, 3.8) is 0 Å². The lowest BCUT2D eigenvalue weighted by Gasteiger charge is -2.27. The van der Waals surface area contributed by atoms with E-state index in [0.29, 0.717) is 17.2 Å². The molecule has 0 bridgehead atoms. The largest absolute Gasteiger partial charge is 0.369 e. The van der Waals surface area contributed by atoms with Gasteiger partial charge in [-0.05, 0) is 43.2 Å². The second-order valence-corrected chi connectivity index (χ2v) is 6.89. The fraction of sp³-hybridized carbons (Fsp3) is 0.421. The van der Waals surface area contributed by atoms with Gasteiger partial charge in [0.1, 0.15) is 5.82 Å². The molecule has 4 rings (SSSR count). The van der Waals surface area contributed by atoms with E-state index in [1.54, 1.807) is 18.2 Å². The molecule has 6 nitrogen and oxygen atoms in total. The van der Waals surface area contributed by atoms with E-state index in [2.05, 4.69) is 25.5 Å². The van der Waals surface area contributed by atoms with Crippen LogP contribution in [-0.2, 0) is 0 Å². The number of nitrogens with one attached hydrogen (secondary N) is 1. The number of aromatic nitrogens is 4. The molecule has 0 radical (unpaired) electrons. The van der Waals surface area contributed by atoms with Gasteiger partial charge >= 0.3 is 0 Å². The maximum Gasteiger partial charge on any atom is 0.299 e. The van der Waals surface area contributed by atoms with Gasteiger partial charge in [-0.2, -0.15) is 4.52 Å². The number of hydrogen-bond donors (Lipinski definition) is 1. The number of fused-ring (bicyclic) bond motifs is 1. The Labute approximate surface area is 160 Å². The Morgan fingerprint density at radius 3 is 2.39 bits per heavy atom. The molecule has 28 heavy (non-hydrogen) atoms. The highest BCUT2D eigenvalue weighted by Gasteiger charge is 2.17. The summed E-state index contributed by atoms with van der Waals surface area (Å²) in [5, 5.41) is 14.1. The van der Waals surface area contributed by atoms with E-state index in [4.69, 9.17) is 0 Å². The molecule has 3 aromatic rings. The minimum Gasteiger partial charge on any atom is -0.369 e. The Bertz CT molecular complexity index is 950. The number of nitrogens with zero attached hydrogens (tertiary/aromatic N) is 5. The third-order valence-corrected chi connectivity index (χ3v) is 4.90. The molecule has 1 fully saturated rings. The van der Waals surface area contributed by atoms with Crippen LogP contribution in [0, 0.1) is 5.82 Å². The van der Waals surface area contributed by atoms with Gasteiger partial charge in [-0.25, -0.2) is 13.2 Å². The molecule has 1 N–H and O–H groups in total. The normalized spacial score (nSPS) is 15.6. The van der Waals surface area contributed by atoms with Crippen molar-refractivity contribution < 1.29 is 13.2 Å². The van der Waals surface area contributed by atoms with Gasteiger partial charge in [0.25, 0.3) is 6.43 Å². The van der Waals surface area contributed by atoms with Crippen LogP contribution in [0.4, 0.5) is 30.4 Å². The predicted molar refractivity (Wildman–Crippen MR) is 101 cm³/mol. The summed E-state index contributed by atoms with van der Waals surface area (Å²) in [7, 11) is 0. The van der Waals surface area contributed by atoms with Crippen LogP contribution >= 0.6 is 0 Å². The maximum atomic E-state index is 14.7. The second kappa shape index (κ2) is 8.04. The number of alkyl halides is 2. The van der Waals surface area contributed by atoms with Crippen molar-refractivity contribution in [2.24, 2.45) is 0 Å². The molecule has 0 saturated carbocycles. The van der Waals surface area contributed by atoms with Crippen molar-refractivity contribution in [2.45, 2.75) is 38.5 Å². The summed E-state index contributed by atoms with van der Waals surface area (Å²) in [4.78, 5) is 2.09. The van der Waals surface area contributed by atoms with Crippen LogP contribution in [0.3, 0.4) is 0 Å². The van der Waals surface area contributed by atoms with E-state index in [-0.39, 0.29) is 11.5 Å². The zero-order chi connectivity index (χ0) is 19.5. The molecule has 1 saturated heterocycles. The van der Waals surface area contributed by atoms with Crippen LogP contribution in [0.2, 0.25) is 0 Å². The summed E-state index contributed by atoms with van der Waals surface area (Å²) in [6.07, 6.45) is 2.94. The van der Waals surface area contributed by atoms with Crippen LogP contribution in [0.25, 0.3) is 5.65 Å². The first-order chi connectivity index (χ1) is 13.6. The number of halogens is 3. The van der Waals surface area contributed by atoms with Crippen molar-refractivity contribution in [1.82, 2.24) is 19.8 Å². The summed E-state index contributed by atoms with van der Waals surface area (Å²) in [6, 6.07) is 8.03. The van der Waals surface area contributed by atoms with Crippen LogP contribution in [0.1, 0.15) is 44.4 Å². The Balaban J connectivity index is 1.54. The average molecular weight is 390 g/mol. The molecule has 0 aliphatic carbocycles. The van der Waals surface area contributed by atoms with Crippen molar-refractivity contribution >= 4 is 22.8 Å². The molecular weight excluding hydrogens is 369 g/mol. The highest BCUT2D eigenvalue weighted by molar-refractivity contribution is 5.62. The molecule has 0 amide bonds. The Morgan fingerprint density at radius 2 is 1.68 bits per heavy atom. The van der Waals surface area contributed by atoms with E-state index in [9.17, 15) is 13.2 Å². The first kappa shape index (κ1) is 18.5. The van der Waals surface area contributed by atoms with E-state index in [1.807, 2.05) is 0 Å². The molecule has 0 spiro atoms. The van der Waals surface area contributed by atoms with Crippen LogP contribution in [0.15, 0.2) is 30.3 Å². The summed E-state index contributed by atoms with van der Waals surface area (Å²) < 4.78 is 41.7. The first-order valence-corrected chi connectivity index (χ1v) is 9.44. The Morgan fingerprint density at radius 1 is 0.929 bits per heavy atom. The minimum absolute atomic E-state index is 0.222. The van der Waals surface area contributed by atoms with Gasteiger partial charge in [-0.3, -0.25) is 0 Å². The summed E-state index contributed by atoms with van der Waals surface area (Å²) in [5.41, 5.74) is 1.31. The maximum absolute atomic E-state index is 14.7. The zero-order valence-electron chi connectivity index (χ0n) is 15.3. The molecule has 9 heteroatoms. The van der Waals surface area contributed by atoms with E-state index < -0.39 is 12.2 Å². The SMILES string of the molecule is Fc1cc(Nc2ccc3nnc(C(F)F)n3n2)ccc1N1CCCCCCC1. The zero-order valence-corrected chi connectivity index (χ0v) is 15.3. The third kappa shape index (κ3) is 3.88. The van der Waals surface area contributed by atoms with E-state index in [0.717, 1.165) is 30.4 Å². The molecule has 3 heterocycles. The fourth-order valence-corrected chi connectivity index (χ4v) is 3.49. The standard InChI is InChI=1S/C19H21F3N6/c20-14-12-13(6-7-15(14)27-10-4-2-1-3-5-11-27)23-16-8-9-17-24-25-19(18(21)22)28(17)26-16/h6-9,12,18H,1-5,10-11H2,(H,23,26). The molecule has 2 aromatic heterocycles. The predicted octanol–water partition coefficient (Wildman–Crippen LogP) is 4.72. The topological polar surface area (TPSA) is 58.4 Å². The number of rotatable bonds is 4. The van der Waals surface area contributed by atoms with Crippen LogP contribution in [0.5, 0.6) is 0 Å². The fourth-order valence-electron chi connectivity index (χ4n) is 3.49. The molecule has 0 unspecified atom stereocenters. The molecular formula is C19H21F3N6. The van der Waals surface area contributed by atoms with Crippen molar-refractivity contribution in [3.8, 4) is 0 Å². The van der Waals surface area contributed by atoms with Crippen molar-refractivity contribution in [1.29, 1.82) is 0 Å². The van der Waals surface area contributed by atoms with Gasteiger partial charge in [-0.15, -0.1) is 15.3 Å².